The predicted molar refractivity (Wildman–Crippen MR) is 156 cm³/mol. The number of benzene rings is 1. The molecule has 0 radical (unpaired) electrons. The SMILES string of the molecule is CC[C@H](C)[C@H]1CN2CCC[C@H]2[C@]2(O)O[C@](NC(=O)[C@@H]3C[C@@H]4c5cccc6[nH]cc(c56)C[C@@H]4N(C)C3)(C(C)C)C(=O)N12. The zero-order chi connectivity index (χ0) is 28.8. The van der Waals surface area contributed by atoms with Gasteiger partial charge in [0.25, 0.3) is 11.8 Å². The Morgan fingerprint density at radius 3 is 2.83 bits per heavy atom. The zero-order valence-corrected chi connectivity index (χ0v) is 25.0. The van der Waals surface area contributed by atoms with Gasteiger partial charge in [-0.1, -0.05) is 46.2 Å². The van der Waals surface area contributed by atoms with E-state index in [-0.39, 0.29) is 47.6 Å². The molecule has 1 aromatic heterocycles. The summed E-state index contributed by atoms with van der Waals surface area (Å²) >= 11 is 0. The van der Waals surface area contributed by atoms with Gasteiger partial charge in [-0.25, -0.2) is 0 Å². The molecule has 0 saturated carbocycles. The number of piperidine rings is 1. The normalized spacial score (nSPS) is 37.8. The molecule has 2 amide bonds. The lowest BCUT2D eigenvalue weighted by Gasteiger charge is -2.51. The summed E-state index contributed by atoms with van der Waals surface area (Å²) in [6.07, 6.45) is 6.41. The number of likely N-dealkylation sites (tertiary alicyclic amines) is 1. The Labute approximate surface area is 242 Å². The summed E-state index contributed by atoms with van der Waals surface area (Å²) in [4.78, 5) is 38.3. The van der Waals surface area contributed by atoms with E-state index < -0.39 is 11.6 Å². The molecule has 4 aliphatic heterocycles. The number of nitrogens with one attached hydrogen (secondary N) is 2. The molecule has 4 fully saturated rings. The second-order valence-corrected chi connectivity index (χ2v) is 13.8. The van der Waals surface area contributed by atoms with Crippen molar-refractivity contribution in [3.63, 3.8) is 0 Å². The first-order valence-corrected chi connectivity index (χ1v) is 15.7. The van der Waals surface area contributed by atoms with Crippen LogP contribution in [-0.2, 0) is 20.7 Å². The molecule has 9 nitrogen and oxygen atoms in total. The number of hydrogen-bond acceptors (Lipinski definition) is 6. The maximum Gasteiger partial charge on any atom is 0.280 e. The highest BCUT2D eigenvalue weighted by atomic mass is 16.7. The molecule has 5 heterocycles. The van der Waals surface area contributed by atoms with Crippen molar-refractivity contribution in [1.29, 1.82) is 0 Å². The number of hydrogen-bond donors (Lipinski definition) is 3. The van der Waals surface area contributed by atoms with Crippen molar-refractivity contribution in [2.45, 2.75) is 95.5 Å². The highest BCUT2D eigenvalue weighted by Gasteiger charge is 2.70. The Morgan fingerprint density at radius 2 is 2.07 bits per heavy atom. The minimum absolute atomic E-state index is 0.170. The summed E-state index contributed by atoms with van der Waals surface area (Å²) < 4.78 is 6.57. The van der Waals surface area contributed by atoms with Crippen LogP contribution in [0.3, 0.4) is 0 Å². The molecule has 3 N–H and O–H groups in total. The summed E-state index contributed by atoms with van der Waals surface area (Å²) in [5.74, 6) is -2.48. The van der Waals surface area contributed by atoms with E-state index in [2.05, 4.69) is 65.4 Å². The van der Waals surface area contributed by atoms with Gasteiger partial charge in [0.05, 0.1) is 18.0 Å². The number of piperazine rings is 1. The second-order valence-electron chi connectivity index (χ2n) is 13.8. The van der Waals surface area contributed by atoms with E-state index in [0.29, 0.717) is 19.0 Å². The Kier molecular flexibility index (Phi) is 6.36. The topological polar surface area (TPSA) is 101 Å². The molecule has 2 aromatic rings. The number of likely N-dealkylation sites (N-methyl/N-ethyl adjacent to an activating group) is 1. The number of fused-ring (bicyclic) bond motifs is 5. The number of carbonyl (C=O) groups is 2. The summed E-state index contributed by atoms with van der Waals surface area (Å²) in [6.45, 7) is 10.3. The number of aromatic nitrogens is 1. The first-order chi connectivity index (χ1) is 19.6. The van der Waals surface area contributed by atoms with E-state index in [1.807, 2.05) is 13.8 Å². The second kappa shape index (κ2) is 9.53. The first-order valence-electron chi connectivity index (χ1n) is 15.7. The van der Waals surface area contributed by atoms with Crippen LogP contribution in [0.1, 0.15) is 70.4 Å². The first kappa shape index (κ1) is 27.4. The molecule has 9 heteroatoms. The van der Waals surface area contributed by atoms with Crippen molar-refractivity contribution >= 4 is 22.7 Å². The lowest BCUT2D eigenvalue weighted by Crippen LogP contribution is -2.70. The lowest BCUT2D eigenvalue weighted by atomic mass is 9.72. The van der Waals surface area contributed by atoms with E-state index in [9.17, 15) is 14.7 Å². The van der Waals surface area contributed by atoms with E-state index in [4.69, 9.17) is 4.74 Å². The fraction of sp³-hybridized carbons (Fsp3) is 0.688. The third kappa shape index (κ3) is 3.81. The minimum atomic E-state index is -1.75. The minimum Gasteiger partial charge on any atom is -0.361 e. The molecule has 1 aliphatic carbocycles. The molecule has 41 heavy (non-hydrogen) atoms. The molecule has 4 saturated heterocycles. The average Bonchev–Trinajstić information content (AvgIpc) is 3.65. The molecule has 5 aliphatic rings. The van der Waals surface area contributed by atoms with Crippen LogP contribution in [0.15, 0.2) is 24.4 Å². The van der Waals surface area contributed by atoms with Crippen LogP contribution in [0.4, 0.5) is 0 Å². The smallest absolute Gasteiger partial charge is 0.280 e. The number of nitrogens with zero attached hydrogens (tertiary/aromatic N) is 3. The molecule has 222 valence electrons. The van der Waals surface area contributed by atoms with Gasteiger partial charge in [0.1, 0.15) is 0 Å². The fourth-order valence-corrected chi connectivity index (χ4v) is 8.77. The number of ether oxygens (including phenoxy) is 1. The maximum absolute atomic E-state index is 14.5. The van der Waals surface area contributed by atoms with Crippen molar-refractivity contribution in [2.24, 2.45) is 17.8 Å². The van der Waals surface area contributed by atoms with Crippen molar-refractivity contribution in [3.8, 4) is 0 Å². The molecule has 1 aromatic carbocycles. The standard InChI is InChI=1S/C32H45N5O4/c1-6-19(4)26-17-36-12-8-11-27(36)32(40)37(26)30(39)31(41-32,18(2)3)34-29(38)21-13-23-22-9-7-10-24-28(22)20(15-33-24)14-25(23)35(5)16-21/h7,9-10,15,18-19,21,23,25-27,33,40H,6,8,11-14,16-17H2,1-5H3,(H,34,38)/t19-,21+,23+,25-,26+,27-,31+,32-/m0/s1. The number of H-pyrrole nitrogens is 1. The molecular formula is C32H45N5O4. The highest BCUT2D eigenvalue weighted by molar-refractivity contribution is 5.94. The van der Waals surface area contributed by atoms with Crippen molar-refractivity contribution < 1.29 is 19.4 Å². The predicted octanol–water partition coefficient (Wildman–Crippen LogP) is 2.99. The number of aromatic amines is 1. The van der Waals surface area contributed by atoms with Crippen LogP contribution < -0.4 is 5.32 Å². The molecular weight excluding hydrogens is 518 g/mol. The number of rotatable bonds is 5. The summed E-state index contributed by atoms with van der Waals surface area (Å²) in [7, 11) is 2.11. The van der Waals surface area contributed by atoms with E-state index in [1.54, 1.807) is 4.90 Å². The van der Waals surface area contributed by atoms with Gasteiger partial charge >= 0.3 is 0 Å². The maximum atomic E-state index is 14.5. The van der Waals surface area contributed by atoms with E-state index in [0.717, 1.165) is 44.3 Å². The molecule has 0 bridgehead atoms. The molecule has 7 rings (SSSR count). The Morgan fingerprint density at radius 1 is 1.27 bits per heavy atom. The van der Waals surface area contributed by atoms with Gasteiger partial charge in [0, 0.05) is 48.1 Å². The Hall–Kier alpha value is -2.46. The summed E-state index contributed by atoms with van der Waals surface area (Å²) in [5.41, 5.74) is 2.19. The van der Waals surface area contributed by atoms with Gasteiger partial charge in [-0.05, 0) is 62.4 Å². The van der Waals surface area contributed by atoms with Gasteiger partial charge in [-0.3, -0.25) is 24.1 Å². The number of carbonyl (C=O) groups excluding carboxylic acids is 2. The van der Waals surface area contributed by atoms with Crippen molar-refractivity contribution in [3.05, 3.63) is 35.5 Å². The monoisotopic (exact) mass is 563 g/mol. The summed E-state index contributed by atoms with van der Waals surface area (Å²) in [5, 5.41) is 16.6. The largest absolute Gasteiger partial charge is 0.361 e. The highest BCUT2D eigenvalue weighted by Crippen LogP contribution is 2.49. The van der Waals surface area contributed by atoms with Crippen LogP contribution in [0, 0.1) is 17.8 Å². The van der Waals surface area contributed by atoms with Crippen molar-refractivity contribution in [1.82, 2.24) is 25.0 Å². The Bertz CT molecular complexity index is 1380. The van der Waals surface area contributed by atoms with Gasteiger partial charge in [0.15, 0.2) is 0 Å². The molecule has 0 unspecified atom stereocenters. The van der Waals surface area contributed by atoms with Crippen LogP contribution in [0.5, 0.6) is 0 Å². The van der Waals surface area contributed by atoms with Crippen LogP contribution in [0.2, 0.25) is 0 Å². The van der Waals surface area contributed by atoms with Crippen molar-refractivity contribution in [2.75, 3.05) is 26.7 Å². The fourth-order valence-electron chi connectivity index (χ4n) is 8.77. The van der Waals surface area contributed by atoms with E-state index in [1.165, 1.54) is 16.5 Å². The third-order valence-electron chi connectivity index (χ3n) is 11.3. The number of amides is 2. The molecule has 0 spiro atoms. The Balaban J connectivity index is 1.20. The van der Waals surface area contributed by atoms with Gasteiger partial charge in [-0.15, -0.1) is 0 Å². The molecule has 8 atom stereocenters. The van der Waals surface area contributed by atoms with Crippen LogP contribution in [-0.4, -0.2) is 93.0 Å². The lowest BCUT2D eigenvalue weighted by molar-refractivity contribution is -0.331. The quantitative estimate of drug-likeness (QED) is 0.517. The third-order valence-corrected chi connectivity index (χ3v) is 11.3. The zero-order valence-electron chi connectivity index (χ0n) is 25.0. The van der Waals surface area contributed by atoms with Crippen LogP contribution in [0.25, 0.3) is 10.9 Å². The van der Waals surface area contributed by atoms with Gasteiger partial charge < -0.3 is 20.3 Å². The van der Waals surface area contributed by atoms with Gasteiger partial charge in [0.2, 0.25) is 11.6 Å². The summed E-state index contributed by atoms with van der Waals surface area (Å²) in [6, 6.07) is 6.29. The van der Waals surface area contributed by atoms with Gasteiger partial charge in [-0.2, -0.15) is 0 Å². The number of aliphatic hydroxyl groups is 1. The average molecular weight is 564 g/mol. The van der Waals surface area contributed by atoms with Crippen LogP contribution >= 0.6 is 0 Å². The van der Waals surface area contributed by atoms with E-state index >= 15 is 0 Å².